The van der Waals surface area contributed by atoms with Gasteiger partial charge >= 0.3 is 6.03 Å². The molecule has 23 heavy (non-hydrogen) atoms. The highest BCUT2D eigenvalue weighted by molar-refractivity contribution is 7.12. The molecule has 2 rings (SSSR count). The average molecular weight is 338 g/mol. The molecule has 1 saturated heterocycles. The van der Waals surface area contributed by atoms with Crippen LogP contribution in [-0.4, -0.2) is 55.0 Å². The molecule has 0 atom stereocenters. The van der Waals surface area contributed by atoms with Gasteiger partial charge in [0, 0.05) is 25.7 Å². The quantitative estimate of drug-likeness (QED) is 0.740. The van der Waals surface area contributed by atoms with Crippen molar-refractivity contribution in [3.8, 4) is 0 Å². The summed E-state index contributed by atoms with van der Waals surface area (Å²) in [5.41, 5.74) is 0. The summed E-state index contributed by atoms with van der Waals surface area (Å²) in [5, 5.41) is 9.71. The predicted molar refractivity (Wildman–Crippen MR) is 88.5 cm³/mol. The number of rotatable bonds is 5. The molecule has 1 aromatic heterocycles. The van der Waals surface area contributed by atoms with Gasteiger partial charge in [-0.3, -0.25) is 19.8 Å². The Bertz CT molecular complexity index is 539. The Kier molecular flexibility index (Phi) is 6.54. The molecule has 0 spiro atoms. The Morgan fingerprint density at radius 2 is 2.04 bits per heavy atom. The zero-order valence-electron chi connectivity index (χ0n) is 13.1. The average Bonchev–Trinajstić information content (AvgIpc) is 3.03. The molecule has 0 saturated carbocycles. The van der Waals surface area contributed by atoms with Crippen molar-refractivity contribution in [1.82, 2.24) is 20.9 Å². The maximum atomic E-state index is 12.0. The van der Waals surface area contributed by atoms with Crippen LogP contribution in [0.15, 0.2) is 17.5 Å². The van der Waals surface area contributed by atoms with Crippen molar-refractivity contribution < 1.29 is 14.4 Å². The number of hydrogen-bond acceptors (Lipinski definition) is 5. The minimum absolute atomic E-state index is 0.0348. The number of amides is 4. The standard InChI is InChI=1S/C15H22N4O3S/c1-2-16-15(22)18-13(20)10-19-7-5-11(6-8-19)17-14(21)12-4-3-9-23-12/h3-4,9,11H,2,5-8,10H2,1H3,(H,17,21)(H2,16,18,20,22). The van der Waals surface area contributed by atoms with Gasteiger partial charge < -0.3 is 10.6 Å². The maximum Gasteiger partial charge on any atom is 0.321 e. The van der Waals surface area contributed by atoms with Gasteiger partial charge in [0.2, 0.25) is 5.91 Å². The molecule has 2 heterocycles. The van der Waals surface area contributed by atoms with Crippen LogP contribution < -0.4 is 16.0 Å². The fraction of sp³-hybridized carbons (Fsp3) is 0.533. The zero-order valence-corrected chi connectivity index (χ0v) is 13.9. The molecule has 0 aliphatic carbocycles. The fourth-order valence-electron chi connectivity index (χ4n) is 2.47. The van der Waals surface area contributed by atoms with Crippen LogP contribution in [0.1, 0.15) is 29.4 Å². The van der Waals surface area contributed by atoms with Gasteiger partial charge in [-0.05, 0) is 31.2 Å². The molecule has 1 fully saturated rings. The molecule has 0 radical (unpaired) electrons. The molecule has 0 unspecified atom stereocenters. The van der Waals surface area contributed by atoms with Crippen LogP contribution in [0.4, 0.5) is 4.79 Å². The maximum absolute atomic E-state index is 12.0. The Hall–Kier alpha value is -1.93. The van der Waals surface area contributed by atoms with Crippen molar-refractivity contribution in [2.24, 2.45) is 0 Å². The topological polar surface area (TPSA) is 90.5 Å². The molecule has 126 valence electrons. The van der Waals surface area contributed by atoms with E-state index in [0.717, 1.165) is 25.9 Å². The van der Waals surface area contributed by atoms with Crippen LogP contribution in [0.25, 0.3) is 0 Å². The largest absolute Gasteiger partial charge is 0.349 e. The number of thiophene rings is 1. The monoisotopic (exact) mass is 338 g/mol. The van der Waals surface area contributed by atoms with Crippen molar-refractivity contribution >= 4 is 29.2 Å². The van der Waals surface area contributed by atoms with Crippen LogP contribution in [0.5, 0.6) is 0 Å². The lowest BCUT2D eigenvalue weighted by atomic mass is 10.0. The van der Waals surface area contributed by atoms with Gasteiger partial charge in [0.05, 0.1) is 11.4 Å². The fourth-order valence-corrected chi connectivity index (χ4v) is 3.10. The first-order chi connectivity index (χ1) is 11.1. The minimum atomic E-state index is -0.462. The Morgan fingerprint density at radius 3 is 2.65 bits per heavy atom. The first-order valence-corrected chi connectivity index (χ1v) is 8.61. The molecule has 4 amide bonds. The van der Waals surface area contributed by atoms with E-state index in [9.17, 15) is 14.4 Å². The third-order valence-electron chi connectivity index (χ3n) is 3.63. The molecule has 0 aromatic carbocycles. The highest BCUT2D eigenvalue weighted by atomic mass is 32.1. The third kappa shape index (κ3) is 5.65. The van der Waals surface area contributed by atoms with Gasteiger partial charge in [-0.2, -0.15) is 0 Å². The minimum Gasteiger partial charge on any atom is -0.349 e. The molecular weight excluding hydrogens is 316 g/mol. The first-order valence-electron chi connectivity index (χ1n) is 7.73. The second-order valence-corrected chi connectivity index (χ2v) is 6.36. The number of carbonyl (C=O) groups is 3. The van der Waals surface area contributed by atoms with E-state index in [2.05, 4.69) is 16.0 Å². The number of urea groups is 1. The number of nitrogens with one attached hydrogen (secondary N) is 3. The number of carbonyl (C=O) groups excluding carboxylic acids is 3. The second-order valence-electron chi connectivity index (χ2n) is 5.41. The van der Waals surface area contributed by atoms with E-state index < -0.39 is 6.03 Å². The van der Waals surface area contributed by atoms with E-state index in [4.69, 9.17) is 0 Å². The SMILES string of the molecule is CCNC(=O)NC(=O)CN1CCC(NC(=O)c2cccs2)CC1. The highest BCUT2D eigenvalue weighted by Crippen LogP contribution is 2.13. The van der Waals surface area contributed by atoms with Crippen molar-refractivity contribution in [2.45, 2.75) is 25.8 Å². The van der Waals surface area contributed by atoms with Crippen molar-refractivity contribution in [3.63, 3.8) is 0 Å². The van der Waals surface area contributed by atoms with Gasteiger partial charge in [-0.1, -0.05) is 6.07 Å². The lowest BCUT2D eigenvalue weighted by Crippen LogP contribution is -2.49. The van der Waals surface area contributed by atoms with E-state index >= 15 is 0 Å². The molecule has 0 bridgehead atoms. The Labute approximate surface area is 139 Å². The molecule has 1 aromatic rings. The highest BCUT2D eigenvalue weighted by Gasteiger charge is 2.23. The van der Waals surface area contributed by atoms with Crippen LogP contribution in [0.2, 0.25) is 0 Å². The molecule has 7 nitrogen and oxygen atoms in total. The number of hydrogen-bond donors (Lipinski definition) is 3. The summed E-state index contributed by atoms with van der Waals surface area (Å²) >= 11 is 1.42. The van der Waals surface area contributed by atoms with Crippen molar-refractivity contribution in [1.29, 1.82) is 0 Å². The number of likely N-dealkylation sites (tertiary alicyclic amines) is 1. The summed E-state index contributed by atoms with van der Waals surface area (Å²) in [7, 11) is 0. The lowest BCUT2D eigenvalue weighted by Gasteiger charge is -2.31. The summed E-state index contributed by atoms with van der Waals surface area (Å²) in [6.07, 6.45) is 1.59. The summed E-state index contributed by atoms with van der Waals surface area (Å²) < 4.78 is 0. The van der Waals surface area contributed by atoms with E-state index in [1.54, 1.807) is 13.0 Å². The first kappa shape index (κ1) is 17.4. The molecule has 1 aliphatic heterocycles. The van der Waals surface area contributed by atoms with Crippen LogP contribution in [0.3, 0.4) is 0 Å². The van der Waals surface area contributed by atoms with E-state index in [0.29, 0.717) is 11.4 Å². The summed E-state index contributed by atoms with van der Waals surface area (Å²) in [5.74, 6) is -0.343. The van der Waals surface area contributed by atoms with Gasteiger partial charge in [-0.15, -0.1) is 11.3 Å². The summed E-state index contributed by atoms with van der Waals surface area (Å²) in [6, 6.07) is 3.33. The predicted octanol–water partition coefficient (Wildman–Crippen LogP) is 0.788. The second kappa shape index (κ2) is 8.64. The van der Waals surface area contributed by atoms with E-state index in [-0.39, 0.29) is 24.4 Å². The Morgan fingerprint density at radius 1 is 1.30 bits per heavy atom. The van der Waals surface area contributed by atoms with Gasteiger partial charge in [-0.25, -0.2) is 4.79 Å². The van der Waals surface area contributed by atoms with E-state index in [1.807, 2.05) is 16.3 Å². The smallest absolute Gasteiger partial charge is 0.321 e. The molecular formula is C15H22N4O3S. The Balaban J connectivity index is 1.68. The van der Waals surface area contributed by atoms with Gasteiger partial charge in [0.25, 0.3) is 5.91 Å². The molecule has 3 N–H and O–H groups in total. The van der Waals surface area contributed by atoms with E-state index in [1.165, 1.54) is 11.3 Å². The molecule has 8 heteroatoms. The summed E-state index contributed by atoms with van der Waals surface area (Å²) in [4.78, 5) is 37.7. The third-order valence-corrected chi connectivity index (χ3v) is 4.49. The number of imide groups is 1. The van der Waals surface area contributed by atoms with Gasteiger partial charge in [0.15, 0.2) is 0 Å². The van der Waals surface area contributed by atoms with Crippen molar-refractivity contribution in [2.75, 3.05) is 26.2 Å². The van der Waals surface area contributed by atoms with Crippen LogP contribution >= 0.6 is 11.3 Å². The normalized spacial score (nSPS) is 15.9. The molecule has 1 aliphatic rings. The lowest BCUT2D eigenvalue weighted by molar-refractivity contribution is -0.121. The number of nitrogens with zero attached hydrogens (tertiary/aromatic N) is 1. The zero-order chi connectivity index (χ0) is 16.7. The van der Waals surface area contributed by atoms with Gasteiger partial charge in [0.1, 0.15) is 0 Å². The van der Waals surface area contributed by atoms with Crippen LogP contribution in [-0.2, 0) is 4.79 Å². The summed E-state index contributed by atoms with van der Waals surface area (Å²) in [6.45, 7) is 3.91. The van der Waals surface area contributed by atoms with Crippen LogP contribution in [0, 0.1) is 0 Å². The number of piperidine rings is 1. The van der Waals surface area contributed by atoms with Crippen molar-refractivity contribution in [3.05, 3.63) is 22.4 Å².